The van der Waals surface area contributed by atoms with Crippen LogP contribution in [0.4, 0.5) is 5.69 Å². The van der Waals surface area contributed by atoms with Crippen LogP contribution in [0.25, 0.3) is 0 Å². The number of hydrogen-bond donors (Lipinski definition) is 0. The van der Waals surface area contributed by atoms with E-state index in [9.17, 15) is 9.59 Å². The van der Waals surface area contributed by atoms with Crippen LogP contribution < -0.4 is 4.90 Å². The van der Waals surface area contributed by atoms with Gasteiger partial charge in [0.1, 0.15) is 4.32 Å². The molecule has 0 saturated heterocycles. The molecule has 0 N–H and O–H groups in total. The van der Waals surface area contributed by atoms with Crippen LogP contribution in [0.2, 0.25) is 0 Å². The molecule has 0 aromatic heterocycles. The number of nitrogens with zero attached hydrogens (tertiary/aromatic N) is 1. The van der Waals surface area contributed by atoms with Gasteiger partial charge in [0.15, 0.2) is 0 Å². The number of ether oxygens (including phenoxy) is 1. The predicted octanol–water partition coefficient (Wildman–Crippen LogP) is 2.08. The number of benzene rings is 1. The summed E-state index contributed by atoms with van der Waals surface area (Å²) in [4.78, 5) is 23.5. The van der Waals surface area contributed by atoms with E-state index in [1.54, 1.807) is 30.5 Å². The quantitative estimate of drug-likeness (QED) is 0.477. The molecule has 1 aromatic rings. The van der Waals surface area contributed by atoms with Gasteiger partial charge in [-0.3, -0.25) is 9.69 Å². The van der Waals surface area contributed by atoms with Crippen molar-refractivity contribution in [2.24, 2.45) is 0 Å². The number of rotatable bonds is 3. The fourth-order valence-corrected chi connectivity index (χ4v) is 1.68. The Morgan fingerprint density at radius 2 is 2.00 bits per heavy atom. The fourth-order valence-electron chi connectivity index (χ4n) is 1.18. The average molecular weight is 269 g/mol. The number of carbonyl (C=O) groups excluding carboxylic acids is 2. The number of anilines is 1. The Bertz CT molecular complexity index is 431. The molecule has 0 heterocycles. The fraction of sp³-hybridized carbons (Fsp3) is 0.182. The largest absolute Gasteiger partial charge is 0.465 e. The van der Waals surface area contributed by atoms with Gasteiger partial charge in [-0.05, 0) is 30.5 Å². The van der Waals surface area contributed by atoms with Crippen LogP contribution in [-0.4, -0.2) is 30.1 Å². The van der Waals surface area contributed by atoms with E-state index in [4.69, 9.17) is 12.2 Å². The molecule has 0 atom stereocenters. The molecule has 0 saturated carbocycles. The van der Waals surface area contributed by atoms with E-state index in [1.807, 2.05) is 0 Å². The Kier molecular flexibility index (Phi) is 5.11. The van der Waals surface area contributed by atoms with Gasteiger partial charge in [-0.15, -0.1) is 0 Å². The summed E-state index contributed by atoms with van der Waals surface area (Å²) in [5, 5.41) is 0. The zero-order valence-corrected chi connectivity index (χ0v) is 11.0. The molecule has 0 radical (unpaired) electrons. The van der Waals surface area contributed by atoms with Gasteiger partial charge in [-0.25, -0.2) is 4.79 Å². The van der Waals surface area contributed by atoms with Gasteiger partial charge in [-0.1, -0.05) is 24.0 Å². The van der Waals surface area contributed by atoms with Crippen LogP contribution in [0.5, 0.6) is 0 Å². The summed E-state index contributed by atoms with van der Waals surface area (Å²) in [5.41, 5.74) is 1.05. The van der Waals surface area contributed by atoms with Gasteiger partial charge < -0.3 is 4.74 Å². The normalized spacial score (nSPS) is 9.53. The van der Waals surface area contributed by atoms with Crippen molar-refractivity contribution in [2.45, 2.75) is 0 Å². The van der Waals surface area contributed by atoms with E-state index in [1.165, 1.54) is 23.8 Å². The van der Waals surface area contributed by atoms with Crippen LogP contribution in [0.1, 0.15) is 10.4 Å². The van der Waals surface area contributed by atoms with Gasteiger partial charge in [0, 0.05) is 5.69 Å². The maximum atomic E-state index is 11.2. The molecule has 1 aromatic carbocycles. The third kappa shape index (κ3) is 3.28. The summed E-state index contributed by atoms with van der Waals surface area (Å²) in [7, 11) is 1.32. The third-order valence-corrected chi connectivity index (χ3v) is 3.29. The van der Waals surface area contributed by atoms with Crippen molar-refractivity contribution in [1.82, 2.24) is 0 Å². The first-order valence-electron chi connectivity index (χ1n) is 4.65. The molecule has 0 aliphatic carbocycles. The summed E-state index contributed by atoms with van der Waals surface area (Å²) in [6.45, 7) is 0. The van der Waals surface area contributed by atoms with E-state index in [-0.39, 0.29) is 0 Å². The van der Waals surface area contributed by atoms with E-state index in [0.717, 1.165) is 0 Å². The molecule has 0 aliphatic rings. The van der Waals surface area contributed by atoms with Gasteiger partial charge >= 0.3 is 5.97 Å². The maximum absolute atomic E-state index is 11.2. The highest BCUT2D eigenvalue weighted by Crippen LogP contribution is 2.18. The number of thioether (sulfide) groups is 1. The molecule has 0 spiro atoms. The Hall–Kier alpha value is -1.40. The summed E-state index contributed by atoms with van der Waals surface area (Å²) >= 11 is 6.33. The van der Waals surface area contributed by atoms with Gasteiger partial charge in [0.05, 0.1) is 12.7 Å². The lowest BCUT2D eigenvalue weighted by Crippen LogP contribution is -2.24. The molecule has 0 bridgehead atoms. The Balaban J connectivity index is 2.96. The zero-order chi connectivity index (χ0) is 12.8. The van der Waals surface area contributed by atoms with E-state index >= 15 is 0 Å². The maximum Gasteiger partial charge on any atom is 0.337 e. The number of hydrogen-bond acceptors (Lipinski definition) is 5. The standard InChI is InChI=1S/C11H11NO3S2/c1-15-10(14)8-3-5-9(6-4-8)12(7-13)11(16)17-2/h3-7H,1-2H3. The Morgan fingerprint density at radius 1 is 1.41 bits per heavy atom. The molecule has 4 nitrogen and oxygen atoms in total. The second-order valence-corrected chi connectivity index (χ2v) is 4.42. The molecule has 0 fully saturated rings. The number of esters is 1. The van der Waals surface area contributed by atoms with Crippen molar-refractivity contribution < 1.29 is 14.3 Å². The molecule has 1 rings (SSSR count). The van der Waals surface area contributed by atoms with Gasteiger partial charge in [-0.2, -0.15) is 0 Å². The molecule has 6 heteroatoms. The Labute approximate surface area is 109 Å². The third-order valence-electron chi connectivity index (χ3n) is 2.04. The molecule has 0 unspecified atom stereocenters. The number of amides is 1. The van der Waals surface area contributed by atoms with E-state index in [0.29, 0.717) is 22.0 Å². The summed E-state index contributed by atoms with van der Waals surface area (Å²) < 4.78 is 5.03. The number of thiocarbonyl (C=S) groups is 1. The minimum Gasteiger partial charge on any atom is -0.465 e. The van der Waals surface area contributed by atoms with Crippen LogP contribution in [0, 0.1) is 0 Å². The van der Waals surface area contributed by atoms with E-state index < -0.39 is 5.97 Å². The lowest BCUT2D eigenvalue weighted by molar-refractivity contribution is -0.106. The highest BCUT2D eigenvalue weighted by molar-refractivity contribution is 8.23. The van der Waals surface area contributed by atoms with Crippen molar-refractivity contribution >= 4 is 46.4 Å². The first-order valence-corrected chi connectivity index (χ1v) is 6.28. The number of carbonyl (C=O) groups is 2. The van der Waals surface area contributed by atoms with Crippen LogP contribution in [0.3, 0.4) is 0 Å². The minimum atomic E-state index is -0.415. The second kappa shape index (κ2) is 6.36. The smallest absolute Gasteiger partial charge is 0.337 e. The molecule has 1 amide bonds. The lowest BCUT2D eigenvalue weighted by Gasteiger charge is -2.16. The van der Waals surface area contributed by atoms with Crippen molar-refractivity contribution in [3.8, 4) is 0 Å². The van der Waals surface area contributed by atoms with Crippen molar-refractivity contribution in [3.63, 3.8) is 0 Å². The topological polar surface area (TPSA) is 46.6 Å². The van der Waals surface area contributed by atoms with Crippen molar-refractivity contribution in [1.29, 1.82) is 0 Å². The van der Waals surface area contributed by atoms with E-state index in [2.05, 4.69) is 4.74 Å². The second-order valence-electron chi connectivity index (χ2n) is 2.98. The molecule has 17 heavy (non-hydrogen) atoms. The van der Waals surface area contributed by atoms with Crippen LogP contribution in [0.15, 0.2) is 24.3 Å². The van der Waals surface area contributed by atoms with Crippen molar-refractivity contribution in [2.75, 3.05) is 18.3 Å². The Morgan fingerprint density at radius 3 is 2.41 bits per heavy atom. The van der Waals surface area contributed by atoms with Gasteiger partial charge in [0.2, 0.25) is 6.41 Å². The SMILES string of the molecule is COC(=O)c1ccc(N(C=O)C(=S)SC)cc1. The zero-order valence-electron chi connectivity index (χ0n) is 9.38. The average Bonchev–Trinajstić information content (AvgIpc) is 2.39. The highest BCUT2D eigenvalue weighted by atomic mass is 32.2. The molecule has 90 valence electrons. The van der Waals surface area contributed by atoms with Crippen LogP contribution in [-0.2, 0) is 9.53 Å². The monoisotopic (exact) mass is 269 g/mol. The molecule has 0 aliphatic heterocycles. The van der Waals surface area contributed by atoms with Crippen LogP contribution >= 0.6 is 24.0 Å². The molecular weight excluding hydrogens is 258 g/mol. The minimum absolute atomic E-state index is 0.415. The summed E-state index contributed by atoms with van der Waals surface area (Å²) in [6.07, 6.45) is 2.44. The summed E-state index contributed by atoms with van der Waals surface area (Å²) in [6, 6.07) is 6.45. The molecular formula is C11H11NO3S2. The van der Waals surface area contributed by atoms with Gasteiger partial charge in [0.25, 0.3) is 0 Å². The van der Waals surface area contributed by atoms with Crippen molar-refractivity contribution in [3.05, 3.63) is 29.8 Å². The lowest BCUT2D eigenvalue weighted by atomic mass is 10.2. The highest BCUT2D eigenvalue weighted by Gasteiger charge is 2.11. The first kappa shape index (κ1) is 13.7. The summed E-state index contributed by atoms with van der Waals surface area (Å²) in [5.74, 6) is -0.415. The predicted molar refractivity (Wildman–Crippen MR) is 72.4 cm³/mol. The first-order chi connectivity index (χ1) is 8.13. The number of methoxy groups -OCH3 is 1.